The zero-order chi connectivity index (χ0) is 19.3. The minimum atomic E-state index is -0.792. The first kappa shape index (κ1) is 17.7. The van der Waals surface area contributed by atoms with Crippen molar-refractivity contribution in [2.45, 2.75) is 57.1 Å². The molecule has 4 bridgehead atoms. The van der Waals surface area contributed by atoms with Gasteiger partial charge in [-0.3, -0.25) is 4.79 Å². The second-order valence-corrected chi connectivity index (χ2v) is 9.26. The predicted octanol–water partition coefficient (Wildman–Crippen LogP) is 4.47. The number of rotatable bonds is 4. The fraction of sp³-hybridized carbons (Fsp3) is 0.500. The van der Waals surface area contributed by atoms with E-state index < -0.39 is 12.1 Å². The zero-order valence-corrected chi connectivity index (χ0v) is 16.3. The van der Waals surface area contributed by atoms with Crippen molar-refractivity contribution in [3.05, 3.63) is 48.0 Å². The van der Waals surface area contributed by atoms with Gasteiger partial charge in [0.25, 0.3) is 5.91 Å². The minimum Gasteiger partial charge on any atom is -0.449 e. The molecule has 0 unspecified atom stereocenters. The van der Waals surface area contributed by atoms with Gasteiger partial charge in [-0.15, -0.1) is 0 Å². The Morgan fingerprint density at radius 2 is 1.57 bits per heavy atom. The Morgan fingerprint density at radius 3 is 2.25 bits per heavy atom. The van der Waals surface area contributed by atoms with E-state index in [1.807, 2.05) is 36.4 Å². The number of amides is 1. The molecule has 4 saturated carbocycles. The molecule has 0 heterocycles. The highest BCUT2D eigenvalue weighted by Crippen LogP contribution is 2.55. The maximum absolute atomic E-state index is 12.9. The van der Waals surface area contributed by atoms with Gasteiger partial charge in [-0.1, -0.05) is 36.4 Å². The normalized spacial score (nSPS) is 31.5. The lowest BCUT2D eigenvalue weighted by Gasteiger charge is -2.57. The monoisotopic (exact) mass is 377 g/mol. The number of carbonyl (C=O) groups excluding carboxylic acids is 2. The molecule has 4 fully saturated rings. The minimum absolute atomic E-state index is 0.0635. The van der Waals surface area contributed by atoms with E-state index in [2.05, 4.69) is 5.32 Å². The second-order valence-electron chi connectivity index (χ2n) is 9.26. The number of hydrogen-bond acceptors (Lipinski definition) is 3. The molecule has 4 aliphatic carbocycles. The van der Waals surface area contributed by atoms with Crippen molar-refractivity contribution < 1.29 is 14.3 Å². The smallest absolute Gasteiger partial charge is 0.339 e. The van der Waals surface area contributed by atoms with Crippen LogP contribution in [-0.4, -0.2) is 23.5 Å². The van der Waals surface area contributed by atoms with Crippen molar-refractivity contribution in [1.29, 1.82) is 0 Å². The molecule has 4 aliphatic rings. The molecule has 4 heteroatoms. The summed E-state index contributed by atoms with van der Waals surface area (Å²) in [6, 6.07) is 13.3. The average molecular weight is 377 g/mol. The van der Waals surface area contributed by atoms with Crippen LogP contribution in [0.25, 0.3) is 10.8 Å². The van der Waals surface area contributed by atoms with E-state index in [-0.39, 0.29) is 11.4 Å². The molecular formula is C24H27NO3. The summed E-state index contributed by atoms with van der Waals surface area (Å²) in [5.74, 6) is 1.70. The molecule has 0 aliphatic heterocycles. The summed E-state index contributed by atoms with van der Waals surface area (Å²) in [7, 11) is 0. The maximum atomic E-state index is 12.9. The van der Waals surface area contributed by atoms with Crippen LogP contribution in [0.2, 0.25) is 0 Å². The van der Waals surface area contributed by atoms with Gasteiger partial charge in [-0.05, 0) is 80.0 Å². The average Bonchev–Trinajstić information content (AvgIpc) is 2.66. The van der Waals surface area contributed by atoms with Crippen LogP contribution in [-0.2, 0) is 9.53 Å². The van der Waals surface area contributed by atoms with Gasteiger partial charge in [0.05, 0.1) is 5.56 Å². The molecule has 6 rings (SSSR count). The van der Waals surface area contributed by atoms with Crippen molar-refractivity contribution in [1.82, 2.24) is 5.32 Å². The Kier molecular flexibility index (Phi) is 4.18. The van der Waals surface area contributed by atoms with Gasteiger partial charge in [0, 0.05) is 5.54 Å². The van der Waals surface area contributed by atoms with Crippen molar-refractivity contribution in [3.8, 4) is 0 Å². The van der Waals surface area contributed by atoms with E-state index >= 15 is 0 Å². The van der Waals surface area contributed by atoms with E-state index in [0.717, 1.165) is 47.8 Å². The van der Waals surface area contributed by atoms with Gasteiger partial charge >= 0.3 is 5.97 Å². The third kappa shape index (κ3) is 3.09. The number of benzene rings is 2. The molecule has 28 heavy (non-hydrogen) atoms. The molecular weight excluding hydrogens is 350 g/mol. The van der Waals surface area contributed by atoms with Crippen LogP contribution in [0.1, 0.15) is 55.8 Å². The number of carbonyl (C=O) groups is 2. The summed E-state index contributed by atoms with van der Waals surface area (Å²) in [5.41, 5.74) is 0.443. The lowest BCUT2D eigenvalue weighted by Crippen LogP contribution is -2.61. The topological polar surface area (TPSA) is 55.4 Å². The van der Waals surface area contributed by atoms with Crippen LogP contribution in [0.4, 0.5) is 0 Å². The lowest BCUT2D eigenvalue weighted by molar-refractivity contribution is -0.134. The van der Waals surface area contributed by atoms with Gasteiger partial charge in [-0.25, -0.2) is 4.79 Å². The SMILES string of the molecule is C[C@@H](OC(=O)c1cccc2ccccc12)C(=O)NC12CC3CC(CC(C3)C1)C2. The molecule has 146 valence electrons. The highest BCUT2D eigenvalue weighted by molar-refractivity contribution is 6.05. The molecule has 0 aromatic heterocycles. The van der Waals surface area contributed by atoms with Crippen LogP contribution in [0.15, 0.2) is 42.5 Å². The van der Waals surface area contributed by atoms with E-state index in [9.17, 15) is 9.59 Å². The maximum Gasteiger partial charge on any atom is 0.339 e. The molecule has 1 amide bonds. The Hall–Kier alpha value is -2.36. The van der Waals surface area contributed by atoms with Crippen LogP contribution < -0.4 is 5.32 Å². The fourth-order valence-corrected chi connectivity index (χ4v) is 6.31. The largest absolute Gasteiger partial charge is 0.449 e. The first-order valence-electron chi connectivity index (χ1n) is 10.5. The zero-order valence-electron chi connectivity index (χ0n) is 16.3. The van der Waals surface area contributed by atoms with Gasteiger partial charge < -0.3 is 10.1 Å². The standard InChI is InChI=1S/C24H27NO3/c1-15(28-23(27)21-8-4-6-19-5-2-3-7-20(19)21)22(26)25-24-12-16-9-17(13-24)11-18(10-16)14-24/h2-8,15-18H,9-14H2,1H3,(H,25,26)/t15-,16?,17?,18?,24?/m1/s1. The summed E-state index contributed by atoms with van der Waals surface area (Å²) < 4.78 is 5.57. The summed E-state index contributed by atoms with van der Waals surface area (Å²) in [6.45, 7) is 1.68. The summed E-state index contributed by atoms with van der Waals surface area (Å²) >= 11 is 0. The lowest BCUT2D eigenvalue weighted by atomic mass is 9.53. The summed E-state index contributed by atoms with van der Waals surface area (Å²) in [6.07, 6.45) is 6.49. The van der Waals surface area contributed by atoms with Gasteiger partial charge in [0.15, 0.2) is 6.10 Å². The Morgan fingerprint density at radius 1 is 0.964 bits per heavy atom. The van der Waals surface area contributed by atoms with Crippen molar-refractivity contribution in [2.75, 3.05) is 0 Å². The summed E-state index contributed by atoms with van der Waals surface area (Å²) in [5, 5.41) is 5.14. The van der Waals surface area contributed by atoms with Gasteiger partial charge in [0.1, 0.15) is 0 Å². The molecule has 0 spiro atoms. The highest BCUT2D eigenvalue weighted by Gasteiger charge is 2.51. The molecule has 1 atom stereocenters. The van der Waals surface area contributed by atoms with Crippen LogP contribution >= 0.6 is 0 Å². The third-order valence-corrected chi connectivity index (χ3v) is 7.09. The number of nitrogens with one attached hydrogen (secondary N) is 1. The van der Waals surface area contributed by atoms with Crippen LogP contribution in [0.5, 0.6) is 0 Å². The van der Waals surface area contributed by atoms with E-state index in [4.69, 9.17) is 4.74 Å². The van der Waals surface area contributed by atoms with E-state index in [1.54, 1.807) is 13.0 Å². The number of ether oxygens (including phenoxy) is 1. The molecule has 1 N–H and O–H groups in total. The molecule has 2 aromatic carbocycles. The van der Waals surface area contributed by atoms with Crippen LogP contribution in [0, 0.1) is 17.8 Å². The van der Waals surface area contributed by atoms with Crippen molar-refractivity contribution in [2.24, 2.45) is 17.8 Å². The Balaban J connectivity index is 1.28. The Bertz CT molecular complexity index is 894. The molecule has 2 aromatic rings. The second kappa shape index (κ2) is 6.61. The van der Waals surface area contributed by atoms with Crippen molar-refractivity contribution in [3.63, 3.8) is 0 Å². The first-order valence-corrected chi connectivity index (χ1v) is 10.5. The number of fused-ring (bicyclic) bond motifs is 1. The predicted molar refractivity (Wildman–Crippen MR) is 108 cm³/mol. The molecule has 0 saturated heterocycles. The molecule has 0 radical (unpaired) electrons. The van der Waals surface area contributed by atoms with Crippen LogP contribution in [0.3, 0.4) is 0 Å². The van der Waals surface area contributed by atoms with E-state index in [0.29, 0.717) is 5.56 Å². The Labute approximate surface area is 165 Å². The quantitative estimate of drug-likeness (QED) is 0.800. The van der Waals surface area contributed by atoms with Gasteiger partial charge in [0.2, 0.25) is 0 Å². The van der Waals surface area contributed by atoms with Crippen molar-refractivity contribution >= 4 is 22.6 Å². The highest BCUT2D eigenvalue weighted by atomic mass is 16.5. The van der Waals surface area contributed by atoms with E-state index in [1.165, 1.54) is 19.3 Å². The first-order chi connectivity index (χ1) is 13.5. The summed E-state index contributed by atoms with van der Waals surface area (Å²) in [4.78, 5) is 25.6. The molecule has 4 nitrogen and oxygen atoms in total. The number of esters is 1. The van der Waals surface area contributed by atoms with Gasteiger partial charge in [-0.2, -0.15) is 0 Å². The third-order valence-electron chi connectivity index (χ3n) is 7.09. The fourth-order valence-electron chi connectivity index (χ4n) is 6.31. The number of hydrogen-bond donors (Lipinski definition) is 1.